The summed E-state index contributed by atoms with van der Waals surface area (Å²) in [5.74, 6) is 7.95. The minimum atomic E-state index is 0.480. The molecule has 1 aliphatic rings. The van der Waals surface area contributed by atoms with Gasteiger partial charge in [-0.2, -0.15) is 4.98 Å². The fourth-order valence-electron chi connectivity index (χ4n) is 1.83. The van der Waals surface area contributed by atoms with Crippen LogP contribution in [0.15, 0.2) is 23.6 Å². The highest BCUT2D eigenvalue weighted by Gasteiger charge is 2.27. The zero-order valence-corrected chi connectivity index (χ0v) is 11.3. The largest absolute Gasteiger partial charge is 0.477 e. The van der Waals surface area contributed by atoms with Crippen LogP contribution in [0.1, 0.15) is 29.5 Å². The van der Waals surface area contributed by atoms with Gasteiger partial charge in [-0.05, 0) is 24.3 Å². The Bertz CT molecular complexity index is 540. The molecule has 0 aliphatic heterocycles. The first-order valence-electron chi connectivity index (χ1n) is 6.36. The van der Waals surface area contributed by atoms with Gasteiger partial charge in [-0.15, -0.1) is 11.3 Å². The second-order valence-electron chi connectivity index (χ2n) is 4.55. The van der Waals surface area contributed by atoms with E-state index in [-0.39, 0.29) is 0 Å². The van der Waals surface area contributed by atoms with E-state index in [0.717, 1.165) is 25.1 Å². The Hall–Kier alpha value is -1.66. The van der Waals surface area contributed by atoms with Crippen molar-refractivity contribution in [1.29, 1.82) is 0 Å². The van der Waals surface area contributed by atoms with Crippen molar-refractivity contribution in [3.63, 3.8) is 0 Å². The monoisotopic (exact) mass is 276 g/mol. The number of hydrazine groups is 1. The van der Waals surface area contributed by atoms with Crippen molar-refractivity contribution in [2.75, 3.05) is 12.0 Å². The summed E-state index contributed by atoms with van der Waals surface area (Å²) in [6.45, 7) is 0.617. The Kier molecular flexibility index (Phi) is 3.61. The van der Waals surface area contributed by atoms with Crippen molar-refractivity contribution in [3.05, 3.63) is 34.3 Å². The molecule has 2 aromatic heterocycles. The van der Waals surface area contributed by atoms with Crippen LogP contribution in [-0.2, 0) is 6.42 Å². The van der Waals surface area contributed by atoms with Crippen LogP contribution in [0, 0.1) is 0 Å². The second kappa shape index (κ2) is 5.54. The molecule has 0 saturated heterocycles. The lowest BCUT2D eigenvalue weighted by Crippen LogP contribution is -2.11. The Balaban J connectivity index is 1.64. The van der Waals surface area contributed by atoms with Gasteiger partial charge in [0.25, 0.3) is 0 Å². The second-order valence-corrected chi connectivity index (χ2v) is 5.58. The number of rotatable bonds is 6. The number of hydrogen-bond acceptors (Lipinski definition) is 6. The summed E-state index contributed by atoms with van der Waals surface area (Å²) in [7, 11) is 0. The van der Waals surface area contributed by atoms with E-state index < -0.39 is 0 Å². The van der Waals surface area contributed by atoms with E-state index in [4.69, 9.17) is 10.6 Å². The summed E-state index contributed by atoms with van der Waals surface area (Å²) in [6.07, 6.45) is 3.21. The third-order valence-corrected chi connectivity index (χ3v) is 3.93. The number of nitrogens with one attached hydrogen (secondary N) is 1. The predicted octanol–water partition coefficient (Wildman–Crippen LogP) is 2.32. The molecule has 0 amide bonds. The number of nitrogens with zero attached hydrogens (tertiary/aromatic N) is 2. The van der Waals surface area contributed by atoms with Gasteiger partial charge in [0.15, 0.2) is 0 Å². The van der Waals surface area contributed by atoms with Crippen molar-refractivity contribution >= 4 is 17.2 Å². The van der Waals surface area contributed by atoms with E-state index in [9.17, 15) is 0 Å². The summed E-state index contributed by atoms with van der Waals surface area (Å²) in [6, 6.07) is 5.89. The van der Waals surface area contributed by atoms with Crippen molar-refractivity contribution in [1.82, 2.24) is 9.97 Å². The molecular weight excluding hydrogens is 260 g/mol. The van der Waals surface area contributed by atoms with Gasteiger partial charge in [0.05, 0.1) is 6.61 Å². The van der Waals surface area contributed by atoms with Crippen LogP contribution in [0.25, 0.3) is 0 Å². The van der Waals surface area contributed by atoms with Crippen LogP contribution in [0.3, 0.4) is 0 Å². The number of nitrogens with two attached hydrogens (primary N) is 1. The summed E-state index contributed by atoms with van der Waals surface area (Å²) >= 11 is 1.74. The minimum Gasteiger partial charge on any atom is -0.477 e. The van der Waals surface area contributed by atoms with Crippen molar-refractivity contribution in [3.8, 4) is 5.88 Å². The number of hydrogen-bond donors (Lipinski definition) is 2. The molecule has 100 valence electrons. The molecule has 1 aliphatic carbocycles. The maximum Gasteiger partial charge on any atom is 0.218 e. The van der Waals surface area contributed by atoms with Crippen molar-refractivity contribution in [2.45, 2.75) is 25.2 Å². The first-order valence-corrected chi connectivity index (χ1v) is 7.24. The van der Waals surface area contributed by atoms with Crippen LogP contribution < -0.4 is 16.0 Å². The van der Waals surface area contributed by atoms with Gasteiger partial charge in [0, 0.05) is 23.3 Å². The number of thiophene rings is 1. The van der Waals surface area contributed by atoms with E-state index in [2.05, 4.69) is 26.8 Å². The van der Waals surface area contributed by atoms with E-state index in [1.807, 2.05) is 6.07 Å². The number of anilines is 1. The smallest absolute Gasteiger partial charge is 0.218 e. The van der Waals surface area contributed by atoms with Gasteiger partial charge in [0.1, 0.15) is 11.6 Å². The molecule has 1 fully saturated rings. The highest BCUT2D eigenvalue weighted by molar-refractivity contribution is 7.09. The Morgan fingerprint density at radius 2 is 2.32 bits per heavy atom. The first kappa shape index (κ1) is 12.4. The maximum absolute atomic E-state index is 5.70. The summed E-state index contributed by atoms with van der Waals surface area (Å²) in [4.78, 5) is 10.1. The molecule has 0 aromatic carbocycles. The van der Waals surface area contributed by atoms with Crippen molar-refractivity contribution in [2.24, 2.45) is 5.84 Å². The van der Waals surface area contributed by atoms with Gasteiger partial charge in [-0.3, -0.25) is 0 Å². The quantitative estimate of drug-likeness (QED) is 0.625. The minimum absolute atomic E-state index is 0.480. The molecule has 5 nitrogen and oxygen atoms in total. The molecule has 2 aromatic rings. The summed E-state index contributed by atoms with van der Waals surface area (Å²) in [5, 5.41) is 2.07. The third-order valence-electron chi connectivity index (χ3n) is 2.99. The lowest BCUT2D eigenvalue weighted by atomic mass is 10.3. The highest BCUT2D eigenvalue weighted by atomic mass is 32.1. The van der Waals surface area contributed by atoms with Crippen LogP contribution in [0.5, 0.6) is 5.88 Å². The van der Waals surface area contributed by atoms with Gasteiger partial charge in [-0.25, -0.2) is 10.8 Å². The normalized spacial score (nSPS) is 14.4. The predicted molar refractivity (Wildman–Crippen MR) is 75.3 cm³/mol. The third kappa shape index (κ3) is 3.21. The molecule has 3 rings (SSSR count). The zero-order chi connectivity index (χ0) is 13.1. The van der Waals surface area contributed by atoms with Gasteiger partial charge >= 0.3 is 0 Å². The Labute approximate surface area is 115 Å². The molecule has 0 unspecified atom stereocenters. The fraction of sp³-hybridized carbons (Fsp3) is 0.385. The molecule has 0 bridgehead atoms. The van der Waals surface area contributed by atoms with Gasteiger partial charge in [-0.1, -0.05) is 6.07 Å². The molecule has 0 radical (unpaired) electrons. The molecule has 3 N–H and O–H groups in total. The average Bonchev–Trinajstić information content (AvgIpc) is 3.17. The van der Waals surface area contributed by atoms with E-state index in [0.29, 0.717) is 24.2 Å². The molecule has 1 saturated carbocycles. The van der Waals surface area contributed by atoms with E-state index >= 15 is 0 Å². The molecule has 6 heteroatoms. The first-order chi connectivity index (χ1) is 9.35. The van der Waals surface area contributed by atoms with E-state index in [1.54, 1.807) is 17.4 Å². The van der Waals surface area contributed by atoms with Crippen LogP contribution in [-0.4, -0.2) is 16.6 Å². The number of nitrogen functional groups attached to an aromatic ring is 1. The molecule has 0 spiro atoms. The highest BCUT2D eigenvalue weighted by Crippen LogP contribution is 2.39. The summed E-state index contributed by atoms with van der Waals surface area (Å²) < 4.78 is 5.70. The van der Waals surface area contributed by atoms with Crippen LogP contribution in [0.2, 0.25) is 0 Å². The SMILES string of the molecule is NNc1cc(OCCc2cccs2)nc(C2CC2)n1. The topological polar surface area (TPSA) is 73.1 Å². The lowest BCUT2D eigenvalue weighted by molar-refractivity contribution is 0.309. The van der Waals surface area contributed by atoms with E-state index in [1.165, 1.54) is 4.88 Å². The van der Waals surface area contributed by atoms with Gasteiger partial charge < -0.3 is 10.2 Å². The Morgan fingerprint density at radius 1 is 1.42 bits per heavy atom. The average molecular weight is 276 g/mol. The number of ether oxygens (including phenoxy) is 1. The maximum atomic E-state index is 5.70. The fourth-order valence-corrected chi connectivity index (χ4v) is 2.52. The van der Waals surface area contributed by atoms with Crippen LogP contribution in [0.4, 0.5) is 5.82 Å². The standard InChI is InChI=1S/C13H16N4OS/c14-17-11-8-12(16-13(15-11)9-3-4-9)18-6-5-10-2-1-7-19-10/h1-2,7-9H,3-6,14H2,(H,15,16,17). The van der Waals surface area contributed by atoms with Crippen LogP contribution >= 0.6 is 11.3 Å². The zero-order valence-electron chi connectivity index (χ0n) is 10.5. The Morgan fingerprint density at radius 3 is 3.00 bits per heavy atom. The molecule has 2 heterocycles. The lowest BCUT2D eigenvalue weighted by Gasteiger charge is -2.08. The molecular formula is C13H16N4OS. The molecule has 19 heavy (non-hydrogen) atoms. The van der Waals surface area contributed by atoms with Gasteiger partial charge in [0.2, 0.25) is 5.88 Å². The number of aromatic nitrogens is 2. The van der Waals surface area contributed by atoms with Crippen molar-refractivity contribution < 1.29 is 4.74 Å². The summed E-state index contributed by atoms with van der Waals surface area (Å²) in [5.41, 5.74) is 2.57. The molecule has 0 atom stereocenters.